The Kier molecular flexibility index (Phi) is 14.6. The molecule has 4 rings (SSSR count). The third-order valence-corrected chi connectivity index (χ3v) is 10.3. The molecule has 6 nitrogen and oxygen atoms in total. The van der Waals surface area contributed by atoms with E-state index in [1.165, 1.54) is 111 Å². The zero-order chi connectivity index (χ0) is 30.3. The summed E-state index contributed by atoms with van der Waals surface area (Å²) in [6.45, 7) is 4.53. The van der Waals surface area contributed by atoms with Gasteiger partial charge in [0.1, 0.15) is 11.4 Å². The van der Waals surface area contributed by atoms with Crippen LogP contribution in [0.25, 0.3) is 0 Å². The Morgan fingerprint density at radius 3 is 1.14 bits per heavy atom. The second kappa shape index (κ2) is 18.6. The van der Waals surface area contributed by atoms with Crippen LogP contribution in [0.2, 0.25) is 0 Å². The summed E-state index contributed by atoms with van der Waals surface area (Å²) in [7, 11) is 0. The van der Waals surface area contributed by atoms with Crippen LogP contribution in [0.15, 0.2) is 0 Å². The lowest BCUT2D eigenvalue weighted by molar-refractivity contribution is 0.0509. The number of carbonyl (C=O) groups is 2. The van der Waals surface area contributed by atoms with E-state index in [1.54, 1.807) is 0 Å². The predicted molar refractivity (Wildman–Crippen MR) is 177 cm³/mol. The number of ether oxygens (including phenoxy) is 2. The van der Waals surface area contributed by atoms with Crippen molar-refractivity contribution in [1.29, 1.82) is 0 Å². The standard InChI is InChI=1S/C36H56N2O4S/c1-3-41-35(39)33-29-23-19-15-11-7-5-9-13-17-21-27(29)31(37-33)25-43-26-32-28-22-18-14-10-6-8-12-16-20-24-30(28)34(38-32)36(40)42-4-2/h37-38H,3-26H2,1-2H3. The largest absolute Gasteiger partial charge is 0.461 e. The van der Waals surface area contributed by atoms with Gasteiger partial charge >= 0.3 is 11.9 Å². The lowest BCUT2D eigenvalue weighted by atomic mass is 9.95. The molecule has 2 aromatic heterocycles. The normalized spacial score (nSPS) is 17.7. The van der Waals surface area contributed by atoms with Crippen molar-refractivity contribution in [2.45, 2.75) is 154 Å². The number of rotatable bonds is 8. The zero-order valence-corrected chi connectivity index (χ0v) is 27.8. The molecule has 0 saturated carbocycles. The van der Waals surface area contributed by atoms with Crippen LogP contribution in [0.1, 0.15) is 171 Å². The third kappa shape index (κ3) is 9.92. The Balaban J connectivity index is 1.57. The molecule has 0 aliphatic heterocycles. The summed E-state index contributed by atoms with van der Waals surface area (Å²) in [6, 6.07) is 0. The van der Waals surface area contributed by atoms with E-state index in [2.05, 4.69) is 9.97 Å². The summed E-state index contributed by atoms with van der Waals surface area (Å²) in [4.78, 5) is 33.2. The maximum Gasteiger partial charge on any atom is 0.355 e. The number of thioether (sulfide) groups is 1. The average Bonchev–Trinajstić information content (AvgIpc) is 3.50. The van der Waals surface area contributed by atoms with Gasteiger partial charge in [0.15, 0.2) is 0 Å². The van der Waals surface area contributed by atoms with Crippen molar-refractivity contribution in [2.24, 2.45) is 0 Å². The Morgan fingerprint density at radius 1 is 0.512 bits per heavy atom. The van der Waals surface area contributed by atoms with Gasteiger partial charge in [-0.2, -0.15) is 0 Å². The highest BCUT2D eigenvalue weighted by molar-refractivity contribution is 7.97. The molecule has 43 heavy (non-hydrogen) atoms. The van der Waals surface area contributed by atoms with Gasteiger partial charge in [-0.15, -0.1) is 11.8 Å². The summed E-state index contributed by atoms with van der Waals surface area (Å²) in [5, 5.41) is 0. The summed E-state index contributed by atoms with van der Waals surface area (Å²) >= 11 is 1.87. The van der Waals surface area contributed by atoms with Crippen molar-refractivity contribution in [3.63, 3.8) is 0 Å². The molecular formula is C36H56N2O4S. The number of fused-ring (bicyclic) bond motifs is 2. The Morgan fingerprint density at radius 2 is 0.814 bits per heavy atom. The maximum absolute atomic E-state index is 13.0. The highest BCUT2D eigenvalue weighted by atomic mass is 32.2. The van der Waals surface area contributed by atoms with Crippen LogP contribution in [-0.2, 0) is 46.7 Å². The van der Waals surface area contributed by atoms with Gasteiger partial charge in [-0.3, -0.25) is 0 Å². The van der Waals surface area contributed by atoms with Crippen LogP contribution in [0.4, 0.5) is 0 Å². The second-order valence-corrected chi connectivity index (χ2v) is 13.4. The second-order valence-electron chi connectivity index (χ2n) is 12.5. The highest BCUT2D eigenvalue weighted by Gasteiger charge is 2.25. The molecule has 0 bridgehead atoms. The van der Waals surface area contributed by atoms with Crippen molar-refractivity contribution >= 4 is 23.7 Å². The van der Waals surface area contributed by atoms with Crippen LogP contribution in [-0.4, -0.2) is 35.1 Å². The van der Waals surface area contributed by atoms with E-state index in [0.29, 0.717) is 24.6 Å². The number of carbonyl (C=O) groups excluding carboxylic acids is 2. The smallest absolute Gasteiger partial charge is 0.355 e. The molecule has 7 heteroatoms. The molecule has 2 aromatic rings. The topological polar surface area (TPSA) is 84.2 Å². The number of aromatic amines is 2. The fourth-order valence-corrected chi connectivity index (χ4v) is 8.01. The Labute approximate surface area is 264 Å². The van der Waals surface area contributed by atoms with Gasteiger partial charge in [-0.1, -0.05) is 77.0 Å². The summed E-state index contributed by atoms with van der Waals surface area (Å²) in [5.41, 5.74) is 8.82. The van der Waals surface area contributed by atoms with Crippen LogP contribution < -0.4 is 0 Å². The lowest BCUT2D eigenvalue weighted by Crippen LogP contribution is -2.08. The van der Waals surface area contributed by atoms with Crippen LogP contribution in [0.5, 0.6) is 0 Å². The molecule has 0 saturated heterocycles. The van der Waals surface area contributed by atoms with E-state index in [4.69, 9.17) is 9.47 Å². The zero-order valence-electron chi connectivity index (χ0n) is 27.0. The minimum Gasteiger partial charge on any atom is -0.461 e. The highest BCUT2D eigenvalue weighted by Crippen LogP contribution is 2.32. The van der Waals surface area contributed by atoms with Gasteiger partial charge in [-0.25, -0.2) is 9.59 Å². The molecule has 240 valence electrons. The average molecular weight is 613 g/mol. The first kappa shape index (κ1) is 33.7. The number of aromatic nitrogens is 2. The third-order valence-electron chi connectivity index (χ3n) is 9.27. The Hall–Kier alpha value is -2.15. The van der Waals surface area contributed by atoms with E-state index in [1.807, 2.05) is 25.6 Å². The van der Waals surface area contributed by atoms with Gasteiger partial charge in [0.25, 0.3) is 0 Å². The first-order valence-corrected chi connectivity index (χ1v) is 18.7. The molecule has 2 heterocycles. The molecule has 2 N–H and O–H groups in total. The lowest BCUT2D eigenvalue weighted by Gasteiger charge is -2.12. The van der Waals surface area contributed by atoms with Crippen LogP contribution in [0.3, 0.4) is 0 Å². The van der Waals surface area contributed by atoms with E-state index in [0.717, 1.165) is 62.9 Å². The minimum absolute atomic E-state index is 0.217. The number of nitrogens with one attached hydrogen (secondary N) is 2. The van der Waals surface area contributed by atoms with E-state index < -0.39 is 0 Å². The number of H-pyrrole nitrogens is 2. The number of esters is 2. The summed E-state index contributed by atoms with van der Waals surface area (Å²) in [6.07, 6.45) is 23.9. The van der Waals surface area contributed by atoms with Gasteiger partial charge < -0.3 is 19.4 Å². The molecule has 0 aromatic carbocycles. The molecule has 0 radical (unpaired) electrons. The molecule has 0 amide bonds. The van der Waals surface area contributed by atoms with Crippen molar-refractivity contribution in [3.8, 4) is 0 Å². The van der Waals surface area contributed by atoms with Gasteiger partial charge in [0.05, 0.1) is 13.2 Å². The van der Waals surface area contributed by atoms with Gasteiger partial charge in [-0.05, 0) is 87.5 Å². The maximum atomic E-state index is 13.0. The first-order valence-electron chi connectivity index (χ1n) is 17.5. The number of hydrogen-bond acceptors (Lipinski definition) is 5. The quantitative estimate of drug-likeness (QED) is 0.290. The molecule has 2 aliphatic rings. The molecular weight excluding hydrogens is 556 g/mol. The van der Waals surface area contributed by atoms with Crippen molar-refractivity contribution in [3.05, 3.63) is 45.0 Å². The van der Waals surface area contributed by atoms with Crippen LogP contribution >= 0.6 is 11.8 Å². The predicted octanol–water partition coefficient (Wildman–Crippen LogP) is 9.57. The van der Waals surface area contributed by atoms with E-state index >= 15 is 0 Å². The van der Waals surface area contributed by atoms with Crippen molar-refractivity contribution < 1.29 is 19.1 Å². The fraction of sp³-hybridized carbons (Fsp3) is 0.722. The van der Waals surface area contributed by atoms with Gasteiger partial charge in [0, 0.05) is 22.9 Å². The van der Waals surface area contributed by atoms with Crippen LogP contribution in [0, 0.1) is 0 Å². The molecule has 2 aliphatic carbocycles. The van der Waals surface area contributed by atoms with E-state index in [9.17, 15) is 9.59 Å². The molecule has 0 unspecified atom stereocenters. The van der Waals surface area contributed by atoms with Crippen molar-refractivity contribution in [2.75, 3.05) is 13.2 Å². The SMILES string of the molecule is CCOC(=O)c1[nH]c(CSCc2[nH]c(C(=O)OCC)c3c2CCCCCCCCCC3)c2c1CCCCCCCCCC2. The Bertz CT molecular complexity index is 1060. The minimum atomic E-state index is -0.217. The van der Waals surface area contributed by atoms with Crippen molar-refractivity contribution in [1.82, 2.24) is 9.97 Å². The molecule has 0 atom stereocenters. The molecule has 0 spiro atoms. The summed E-state index contributed by atoms with van der Waals surface area (Å²) < 4.78 is 11.0. The first-order chi connectivity index (χ1) is 21.1. The fourth-order valence-electron chi connectivity index (χ4n) is 7.01. The molecule has 0 fully saturated rings. The summed E-state index contributed by atoms with van der Waals surface area (Å²) in [5.74, 6) is 1.19. The van der Waals surface area contributed by atoms with E-state index in [-0.39, 0.29) is 11.9 Å². The number of hydrogen-bond donors (Lipinski definition) is 2. The monoisotopic (exact) mass is 612 g/mol. The van der Waals surface area contributed by atoms with Gasteiger partial charge in [0.2, 0.25) is 0 Å².